The zero-order valence-electron chi connectivity index (χ0n) is 17.5. The zero-order chi connectivity index (χ0) is 21.8. The molecule has 0 aliphatic heterocycles. The van der Waals surface area contributed by atoms with E-state index < -0.39 is 0 Å². The minimum Gasteiger partial charge on any atom is -0.309 e. The summed E-state index contributed by atoms with van der Waals surface area (Å²) >= 11 is 4.75. The Morgan fingerprint density at radius 3 is 2.47 bits per heavy atom. The lowest BCUT2D eigenvalue weighted by molar-refractivity contribution is 0.668. The molecule has 6 rings (SSSR count). The second kappa shape index (κ2) is 7.97. The number of nitrogens with zero attached hydrogens (tertiary/aromatic N) is 3. The van der Waals surface area contributed by atoms with Crippen LogP contribution >= 0.6 is 34.4 Å². The number of hydrogen-bond acceptors (Lipinski definition) is 7. The van der Waals surface area contributed by atoms with Crippen molar-refractivity contribution in [1.29, 1.82) is 0 Å². The van der Waals surface area contributed by atoms with Gasteiger partial charge in [-0.05, 0) is 56.1 Å². The van der Waals surface area contributed by atoms with Crippen LogP contribution in [-0.2, 0) is 38.0 Å². The van der Waals surface area contributed by atoms with Crippen LogP contribution in [0.25, 0.3) is 20.4 Å². The number of hydrogen-bond donors (Lipinski definition) is 1. The van der Waals surface area contributed by atoms with Gasteiger partial charge < -0.3 is 4.98 Å². The minimum atomic E-state index is -0.0529. The maximum atomic E-state index is 13.4. The number of H-pyrrole nitrogens is 1. The molecular weight excluding hydrogens is 460 g/mol. The summed E-state index contributed by atoms with van der Waals surface area (Å²) in [7, 11) is 0. The van der Waals surface area contributed by atoms with Crippen molar-refractivity contribution in [1.82, 2.24) is 19.5 Å². The highest BCUT2D eigenvalue weighted by Gasteiger charge is 2.23. The van der Waals surface area contributed by atoms with Crippen LogP contribution in [0.15, 0.2) is 27.4 Å². The fourth-order valence-corrected chi connectivity index (χ4v) is 8.33. The first-order chi connectivity index (χ1) is 15.6. The molecule has 0 atom stereocenters. The van der Waals surface area contributed by atoms with Crippen molar-refractivity contribution in [3.05, 3.63) is 60.1 Å². The molecule has 9 heteroatoms. The van der Waals surface area contributed by atoms with E-state index in [-0.39, 0.29) is 11.1 Å². The van der Waals surface area contributed by atoms with Crippen molar-refractivity contribution in [2.24, 2.45) is 0 Å². The van der Waals surface area contributed by atoms with Crippen molar-refractivity contribution in [2.75, 3.05) is 0 Å². The Balaban J connectivity index is 1.38. The van der Waals surface area contributed by atoms with Crippen LogP contribution in [0.2, 0.25) is 0 Å². The number of rotatable bonds is 5. The highest BCUT2D eigenvalue weighted by Crippen LogP contribution is 2.36. The molecule has 2 aliphatic rings. The van der Waals surface area contributed by atoms with Crippen LogP contribution in [0.4, 0.5) is 0 Å². The number of nitrogens with one attached hydrogen (secondary N) is 1. The van der Waals surface area contributed by atoms with E-state index in [9.17, 15) is 9.59 Å². The second-order valence-corrected chi connectivity index (χ2v) is 11.4. The number of allylic oxidation sites excluding steroid dienone is 1. The molecular formula is C23H22N4O2S3. The molecule has 4 heterocycles. The second-order valence-electron chi connectivity index (χ2n) is 8.33. The Labute approximate surface area is 196 Å². The first-order valence-corrected chi connectivity index (χ1v) is 13.6. The number of aromatic amines is 1. The molecule has 0 spiro atoms. The standard InChI is InChI=1S/C23H22N4O2S3/c1-2-10-27-22(29)18-13-6-3-4-8-14(13)32-21(18)26-23(27)30-11-16-24-19(28)17-12-7-5-9-15(12)31-20(17)25-16/h2H,1,3-11H2,(H,24,25,28). The van der Waals surface area contributed by atoms with Crippen LogP contribution < -0.4 is 11.1 Å². The summed E-state index contributed by atoms with van der Waals surface area (Å²) in [5, 5.41) is 2.21. The molecule has 4 aromatic heterocycles. The molecule has 2 aliphatic carbocycles. The van der Waals surface area contributed by atoms with Gasteiger partial charge in [-0.3, -0.25) is 14.2 Å². The van der Waals surface area contributed by atoms with E-state index in [4.69, 9.17) is 9.97 Å². The van der Waals surface area contributed by atoms with Crippen LogP contribution in [0.3, 0.4) is 0 Å². The summed E-state index contributed by atoms with van der Waals surface area (Å²) in [6.45, 7) is 4.24. The Morgan fingerprint density at radius 1 is 0.969 bits per heavy atom. The van der Waals surface area contributed by atoms with Gasteiger partial charge in [0.2, 0.25) is 0 Å². The number of thiophene rings is 2. The van der Waals surface area contributed by atoms with E-state index >= 15 is 0 Å². The van der Waals surface area contributed by atoms with E-state index in [1.54, 1.807) is 33.3 Å². The van der Waals surface area contributed by atoms with Crippen LogP contribution in [0.5, 0.6) is 0 Å². The topological polar surface area (TPSA) is 80.6 Å². The Kier molecular flexibility index (Phi) is 5.07. The van der Waals surface area contributed by atoms with Gasteiger partial charge in [0, 0.05) is 16.3 Å². The number of fused-ring (bicyclic) bond motifs is 6. The third-order valence-corrected chi connectivity index (χ3v) is 9.67. The summed E-state index contributed by atoms with van der Waals surface area (Å²) < 4.78 is 1.71. The van der Waals surface area contributed by atoms with Gasteiger partial charge in [-0.2, -0.15) is 0 Å². The first kappa shape index (κ1) is 20.4. The van der Waals surface area contributed by atoms with Gasteiger partial charge in [0.05, 0.1) is 16.5 Å². The molecule has 32 heavy (non-hydrogen) atoms. The lowest BCUT2D eigenvalue weighted by Gasteiger charge is -2.12. The van der Waals surface area contributed by atoms with Gasteiger partial charge in [0.1, 0.15) is 15.5 Å². The Hall–Kier alpha value is -2.23. The number of aromatic nitrogens is 4. The molecule has 4 aromatic rings. The molecule has 0 saturated heterocycles. The summed E-state index contributed by atoms with van der Waals surface area (Å²) in [4.78, 5) is 43.0. The summed E-state index contributed by atoms with van der Waals surface area (Å²) in [6.07, 6.45) is 9.17. The van der Waals surface area contributed by atoms with Gasteiger partial charge >= 0.3 is 0 Å². The van der Waals surface area contributed by atoms with Crippen molar-refractivity contribution in [3.63, 3.8) is 0 Å². The molecule has 0 amide bonds. The van der Waals surface area contributed by atoms with Crippen molar-refractivity contribution >= 4 is 54.9 Å². The van der Waals surface area contributed by atoms with Crippen LogP contribution in [-0.4, -0.2) is 19.5 Å². The molecule has 0 aromatic carbocycles. The van der Waals surface area contributed by atoms with Crippen molar-refractivity contribution in [3.8, 4) is 0 Å². The molecule has 0 radical (unpaired) electrons. The van der Waals surface area contributed by atoms with Gasteiger partial charge in [-0.1, -0.05) is 17.8 Å². The quantitative estimate of drug-likeness (QED) is 0.255. The fraction of sp³-hybridized carbons (Fsp3) is 0.391. The van der Waals surface area contributed by atoms with Gasteiger partial charge in [0.15, 0.2) is 5.16 Å². The minimum absolute atomic E-state index is 0.0170. The van der Waals surface area contributed by atoms with E-state index in [2.05, 4.69) is 11.6 Å². The summed E-state index contributed by atoms with van der Waals surface area (Å²) in [6, 6.07) is 0. The first-order valence-electron chi connectivity index (χ1n) is 11.0. The van der Waals surface area contributed by atoms with E-state index in [1.807, 2.05) is 0 Å². The molecule has 0 fully saturated rings. The monoisotopic (exact) mass is 482 g/mol. The average molecular weight is 483 g/mol. The zero-order valence-corrected chi connectivity index (χ0v) is 20.0. The van der Waals surface area contributed by atoms with Crippen LogP contribution in [0, 0.1) is 0 Å². The molecule has 0 saturated carbocycles. The molecule has 0 unspecified atom stereocenters. The maximum Gasteiger partial charge on any atom is 0.263 e. The average Bonchev–Trinajstić information content (AvgIpc) is 3.46. The lowest BCUT2D eigenvalue weighted by atomic mass is 9.97. The van der Waals surface area contributed by atoms with Crippen LogP contribution in [0.1, 0.15) is 46.0 Å². The highest BCUT2D eigenvalue weighted by atomic mass is 32.2. The van der Waals surface area contributed by atoms with E-state index in [1.165, 1.54) is 39.1 Å². The summed E-state index contributed by atoms with van der Waals surface area (Å²) in [5.74, 6) is 1.07. The van der Waals surface area contributed by atoms with Crippen molar-refractivity contribution < 1.29 is 0 Å². The van der Waals surface area contributed by atoms with E-state index in [0.717, 1.165) is 59.0 Å². The van der Waals surface area contributed by atoms with Crippen molar-refractivity contribution in [2.45, 2.75) is 62.4 Å². The molecule has 6 nitrogen and oxygen atoms in total. The van der Waals surface area contributed by atoms with Gasteiger partial charge in [0.25, 0.3) is 11.1 Å². The number of thioether (sulfide) groups is 1. The molecule has 164 valence electrons. The number of aryl methyl sites for hydroxylation is 4. The molecule has 0 bridgehead atoms. The van der Waals surface area contributed by atoms with E-state index in [0.29, 0.717) is 23.3 Å². The Morgan fingerprint density at radius 2 is 1.66 bits per heavy atom. The predicted octanol–water partition coefficient (Wildman–Crippen LogP) is 4.60. The van der Waals surface area contributed by atoms with Gasteiger partial charge in [-0.25, -0.2) is 9.97 Å². The highest BCUT2D eigenvalue weighted by molar-refractivity contribution is 7.98. The Bertz CT molecular complexity index is 1510. The predicted molar refractivity (Wildman–Crippen MR) is 133 cm³/mol. The van der Waals surface area contributed by atoms with Gasteiger partial charge in [-0.15, -0.1) is 29.3 Å². The fourth-order valence-electron chi connectivity index (χ4n) is 4.87. The third kappa shape index (κ3) is 3.21. The maximum absolute atomic E-state index is 13.4. The largest absolute Gasteiger partial charge is 0.309 e. The lowest BCUT2D eigenvalue weighted by Crippen LogP contribution is -2.23. The normalized spacial score (nSPS) is 15.4. The smallest absolute Gasteiger partial charge is 0.263 e. The third-order valence-electron chi connectivity index (χ3n) is 6.31. The summed E-state index contributed by atoms with van der Waals surface area (Å²) in [5.41, 5.74) is 2.35. The SMILES string of the molecule is C=CCn1c(SCc2nc3sc4c(c3c(=O)[nH]2)CCC4)nc2sc3c(c2c1=O)CCCC3. The molecule has 1 N–H and O–H groups in total.